The Morgan fingerprint density at radius 3 is 2.81 bits per heavy atom. The predicted octanol–water partition coefficient (Wildman–Crippen LogP) is 4.15. The molecule has 0 spiro atoms. The zero-order valence-corrected chi connectivity index (χ0v) is 18.5. The van der Waals surface area contributed by atoms with Gasteiger partial charge in [0.05, 0.1) is 43.7 Å². The molecular formula is C23H22N4O4S. The van der Waals surface area contributed by atoms with E-state index in [0.717, 1.165) is 11.1 Å². The van der Waals surface area contributed by atoms with E-state index in [1.165, 1.54) is 11.3 Å². The minimum absolute atomic E-state index is 0.136. The van der Waals surface area contributed by atoms with Gasteiger partial charge in [0.1, 0.15) is 18.1 Å². The van der Waals surface area contributed by atoms with E-state index in [2.05, 4.69) is 21.6 Å². The number of anilines is 1. The van der Waals surface area contributed by atoms with Crippen LogP contribution in [0.25, 0.3) is 0 Å². The van der Waals surface area contributed by atoms with Crippen molar-refractivity contribution in [2.45, 2.75) is 20.0 Å². The van der Waals surface area contributed by atoms with E-state index >= 15 is 0 Å². The number of hydrogen-bond donors (Lipinski definition) is 1. The molecule has 8 nitrogen and oxygen atoms in total. The number of nitrogens with zero attached hydrogens (tertiary/aromatic N) is 3. The highest BCUT2D eigenvalue weighted by Gasteiger charge is 2.08. The fraction of sp³-hybridized carbons (Fsp3) is 0.217. The lowest BCUT2D eigenvalue weighted by atomic mass is 10.1. The van der Waals surface area contributed by atoms with Crippen LogP contribution < -0.4 is 14.9 Å². The molecule has 0 unspecified atom stereocenters. The number of carbonyl (C=O) groups is 1. The van der Waals surface area contributed by atoms with Gasteiger partial charge in [-0.2, -0.15) is 10.4 Å². The summed E-state index contributed by atoms with van der Waals surface area (Å²) in [5, 5.41) is 15.5. The van der Waals surface area contributed by atoms with E-state index in [9.17, 15) is 4.79 Å². The maximum atomic E-state index is 11.5. The van der Waals surface area contributed by atoms with Gasteiger partial charge in [-0.05, 0) is 55.0 Å². The van der Waals surface area contributed by atoms with Gasteiger partial charge in [0.2, 0.25) is 5.13 Å². The summed E-state index contributed by atoms with van der Waals surface area (Å²) in [6.45, 7) is 2.42. The first-order valence-corrected chi connectivity index (χ1v) is 10.7. The minimum atomic E-state index is -0.304. The molecule has 0 atom stereocenters. The highest BCUT2D eigenvalue weighted by atomic mass is 32.1. The Bertz CT molecular complexity index is 1120. The van der Waals surface area contributed by atoms with Crippen molar-refractivity contribution in [3.63, 3.8) is 0 Å². The van der Waals surface area contributed by atoms with Crippen LogP contribution in [0.15, 0.2) is 52.9 Å². The molecule has 3 rings (SSSR count). The number of rotatable bonds is 10. The standard InChI is InChI=1S/C23H22N4O4S/c1-3-30-22(28)11-19-15-32-23(26-19)27-25-13-17-6-9-21(29-2)18(10-17)14-31-20-7-4-16(12-24)5-8-20/h4-10,13,15H,3,11,14H2,1-2H3,(H,26,27). The van der Waals surface area contributed by atoms with Crippen molar-refractivity contribution in [2.75, 3.05) is 19.1 Å². The first kappa shape index (κ1) is 22.8. The topological polar surface area (TPSA) is 106 Å². The third-order valence-electron chi connectivity index (χ3n) is 4.24. The lowest BCUT2D eigenvalue weighted by Gasteiger charge is -2.11. The number of benzene rings is 2. The molecule has 0 amide bonds. The Morgan fingerprint density at radius 2 is 2.09 bits per heavy atom. The second-order valence-electron chi connectivity index (χ2n) is 6.49. The van der Waals surface area contributed by atoms with Crippen molar-refractivity contribution in [2.24, 2.45) is 5.10 Å². The van der Waals surface area contributed by atoms with Gasteiger partial charge in [0, 0.05) is 10.9 Å². The van der Waals surface area contributed by atoms with Crippen LogP contribution in [-0.4, -0.2) is 30.9 Å². The van der Waals surface area contributed by atoms with Crippen LogP contribution >= 0.6 is 11.3 Å². The number of aromatic nitrogens is 1. The Balaban J connectivity index is 1.60. The predicted molar refractivity (Wildman–Crippen MR) is 122 cm³/mol. The molecule has 1 heterocycles. The minimum Gasteiger partial charge on any atom is -0.496 e. The Morgan fingerprint density at radius 1 is 1.28 bits per heavy atom. The van der Waals surface area contributed by atoms with Gasteiger partial charge < -0.3 is 14.2 Å². The van der Waals surface area contributed by atoms with Gasteiger partial charge in [-0.25, -0.2) is 4.98 Å². The number of hydrogen-bond acceptors (Lipinski definition) is 9. The van der Waals surface area contributed by atoms with Crippen molar-refractivity contribution in [3.05, 3.63) is 70.2 Å². The molecule has 32 heavy (non-hydrogen) atoms. The van der Waals surface area contributed by atoms with Crippen molar-refractivity contribution < 1.29 is 19.0 Å². The van der Waals surface area contributed by atoms with Crippen LogP contribution in [-0.2, 0) is 22.6 Å². The molecule has 3 aromatic rings. The number of nitriles is 1. The van der Waals surface area contributed by atoms with Gasteiger partial charge in [0.15, 0.2) is 0 Å². The number of ether oxygens (including phenoxy) is 3. The van der Waals surface area contributed by atoms with Crippen molar-refractivity contribution in [3.8, 4) is 17.6 Å². The summed E-state index contributed by atoms with van der Waals surface area (Å²) in [6.07, 6.45) is 1.80. The molecule has 0 saturated heterocycles. The van der Waals surface area contributed by atoms with Gasteiger partial charge in [-0.1, -0.05) is 0 Å². The molecule has 2 aromatic carbocycles. The number of esters is 1. The van der Waals surface area contributed by atoms with Gasteiger partial charge in [0.25, 0.3) is 0 Å². The van der Waals surface area contributed by atoms with Crippen molar-refractivity contribution in [1.82, 2.24) is 4.98 Å². The number of methoxy groups -OCH3 is 1. The molecule has 0 fully saturated rings. The van der Waals surface area contributed by atoms with Crippen LogP contribution in [0.4, 0.5) is 5.13 Å². The molecule has 0 aliphatic rings. The van der Waals surface area contributed by atoms with E-state index in [1.54, 1.807) is 49.9 Å². The average molecular weight is 451 g/mol. The lowest BCUT2D eigenvalue weighted by Crippen LogP contribution is -2.07. The van der Waals surface area contributed by atoms with E-state index in [1.807, 2.05) is 18.2 Å². The summed E-state index contributed by atoms with van der Waals surface area (Å²) in [6, 6.07) is 14.6. The summed E-state index contributed by atoms with van der Waals surface area (Å²) in [5.41, 5.74) is 5.79. The third kappa shape index (κ3) is 6.55. The molecule has 1 aromatic heterocycles. The molecule has 164 valence electrons. The quantitative estimate of drug-likeness (QED) is 0.281. The second-order valence-corrected chi connectivity index (χ2v) is 7.35. The summed E-state index contributed by atoms with van der Waals surface area (Å²) in [7, 11) is 1.60. The zero-order valence-electron chi connectivity index (χ0n) is 17.7. The molecule has 9 heteroatoms. The second kappa shape index (κ2) is 11.5. The van der Waals surface area contributed by atoms with Crippen LogP contribution in [0, 0.1) is 11.3 Å². The molecule has 0 saturated carbocycles. The van der Waals surface area contributed by atoms with E-state index in [0.29, 0.717) is 41.1 Å². The molecule has 0 bridgehead atoms. The van der Waals surface area contributed by atoms with E-state index in [4.69, 9.17) is 19.5 Å². The average Bonchev–Trinajstić information content (AvgIpc) is 3.25. The summed E-state index contributed by atoms with van der Waals surface area (Å²) >= 11 is 1.36. The lowest BCUT2D eigenvalue weighted by molar-refractivity contribution is -0.142. The SMILES string of the molecule is CCOC(=O)Cc1csc(NN=Cc2ccc(OC)c(COc3ccc(C#N)cc3)c2)n1. The first-order chi connectivity index (χ1) is 15.6. The Kier molecular flexibility index (Phi) is 8.17. The maximum Gasteiger partial charge on any atom is 0.311 e. The fourth-order valence-electron chi connectivity index (χ4n) is 2.74. The Labute approximate surface area is 190 Å². The fourth-order valence-corrected chi connectivity index (χ4v) is 3.40. The van der Waals surface area contributed by atoms with Crippen molar-refractivity contribution >= 4 is 28.7 Å². The van der Waals surface area contributed by atoms with Crippen LogP contribution in [0.1, 0.15) is 29.3 Å². The maximum absolute atomic E-state index is 11.5. The van der Waals surface area contributed by atoms with Crippen LogP contribution in [0.5, 0.6) is 11.5 Å². The molecule has 1 N–H and O–H groups in total. The molecule has 0 aliphatic carbocycles. The van der Waals surface area contributed by atoms with Crippen molar-refractivity contribution in [1.29, 1.82) is 5.26 Å². The van der Waals surface area contributed by atoms with Gasteiger partial charge in [-0.3, -0.25) is 10.2 Å². The molecular weight excluding hydrogens is 428 g/mol. The molecule has 0 radical (unpaired) electrons. The highest BCUT2D eigenvalue weighted by molar-refractivity contribution is 7.13. The van der Waals surface area contributed by atoms with Gasteiger partial charge in [-0.15, -0.1) is 11.3 Å². The van der Waals surface area contributed by atoms with Crippen LogP contribution in [0.3, 0.4) is 0 Å². The number of hydrazone groups is 1. The third-order valence-corrected chi connectivity index (χ3v) is 5.03. The first-order valence-electron chi connectivity index (χ1n) is 9.80. The molecule has 0 aliphatic heterocycles. The number of nitrogens with one attached hydrogen (secondary N) is 1. The largest absolute Gasteiger partial charge is 0.496 e. The monoisotopic (exact) mass is 450 g/mol. The summed E-state index contributed by atoms with van der Waals surface area (Å²) < 4.78 is 16.2. The summed E-state index contributed by atoms with van der Waals surface area (Å²) in [4.78, 5) is 15.9. The van der Waals surface area contributed by atoms with E-state index in [-0.39, 0.29) is 12.4 Å². The highest BCUT2D eigenvalue weighted by Crippen LogP contribution is 2.22. The zero-order chi connectivity index (χ0) is 22.8. The normalized spacial score (nSPS) is 10.5. The number of carbonyl (C=O) groups excluding carboxylic acids is 1. The smallest absolute Gasteiger partial charge is 0.311 e. The van der Waals surface area contributed by atoms with Crippen LogP contribution in [0.2, 0.25) is 0 Å². The van der Waals surface area contributed by atoms with Gasteiger partial charge >= 0.3 is 5.97 Å². The number of thiazole rings is 1. The van der Waals surface area contributed by atoms with E-state index < -0.39 is 0 Å². The summed E-state index contributed by atoms with van der Waals surface area (Å²) in [5.74, 6) is 1.06. The Hall–Kier alpha value is -3.90.